The van der Waals surface area contributed by atoms with Crippen molar-refractivity contribution >= 4 is 13.3 Å². The fourth-order valence-corrected chi connectivity index (χ4v) is 0.882. The third kappa shape index (κ3) is 13.1. The molecule has 0 radical (unpaired) electrons. The molecule has 0 aromatic rings. The summed E-state index contributed by atoms with van der Waals surface area (Å²) in [6.45, 7) is 5.19. The zero-order valence-electron chi connectivity index (χ0n) is 9.02. The first-order chi connectivity index (χ1) is 6.90. The highest BCUT2D eigenvalue weighted by atomic mass is 31.2. The van der Waals surface area contributed by atoms with Crippen molar-refractivity contribution in [2.75, 3.05) is 26.5 Å². The van der Waals surface area contributed by atoms with Crippen LogP contribution in [0.1, 0.15) is 6.92 Å². The lowest BCUT2D eigenvalue weighted by Crippen LogP contribution is -2.07. The Morgan fingerprint density at radius 1 is 1.33 bits per heavy atom. The molecule has 1 unspecified atom stereocenters. The zero-order valence-corrected chi connectivity index (χ0v) is 9.91. The molecule has 0 saturated carbocycles. The number of hydrogen-bond acceptors (Lipinski definition) is 5. The van der Waals surface area contributed by atoms with E-state index >= 15 is 0 Å². The Morgan fingerprint density at radius 2 is 1.80 bits per heavy atom. The summed E-state index contributed by atoms with van der Waals surface area (Å²) in [7, 11) is -2.16. The highest BCUT2D eigenvalue weighted by molar-refractivity contribution is 7.62. The van der Waals surface area contributed by atoms with Crippen molar-refractivity contribution in [3.8, 4) is 11.8 Å². The third-order valence-electron chi connectivity index (χ3n) is 1.48. The number of aliphatic hydroxyl groups is 1. The molecular weight excluding hydrogens is 219 g/mol. The van der Waals surface area contributed by atoms with Crippen molar-refractivity contribution in [3.05, 3.63) is 0 Å². The van der Waals surface area contributed by atoms with E-state index in [-0.39, 0.29) is 25.2 Å². The molecule has 0 aromatic carbocycles. The third-order valence-corrected chi connectivity index (χ3v) is 3.38. The highest BCUT2D eigenvalue weighted by Gasteiger charge is 2.17. The second-order valence-electron chi connectivity index (χ2n) is 2.94. The first-order valence-corrected chi connectivity index (χ1v) is 6.79. The van der Waals surface area contributed by atoms with E-state index in [9.17, 15) is 4.57 Å². The number of ether oxygens (including phenoxy) is 1. The van der Waals surface area contributed by atoms with Gasteiger partial charge in [-0.1, -0.05) is 11.8 Å². The Kier molecular flexibility index (Phi) is 10.6. The molecule has 5 nitrogen and oxygen atoms in total. The molecule has 15 heavy (non-hydrogen) atoms. The molecule has 0 bridgehead atoms. The minimum Gasteiger partial charge on any atom is -0.384 e. The van der Waals surface area contributed by atoms with Crippen LogP contribution in [0.25, 0.3) is 0 Å². The minimum atomic E-state index is -2.16. The normalized spacial score (nSPS) is 11.2. The number of hydrogen-bond donors (Lipinski definition) is 1. The van der Waals surface area contributed by atoms with Crippen LogP contribution < -0.4 is 0 Å². The van der Waals surface area contributed by atoms with Crippen molar-refractivity contribution in [2.45, 2.75) is 12.8 Å². The van der Waals surface area contributed by atoms with E-state index in [0.29, 0.717) is 0 Å². The van der Waals surface area contributed by atoms with Gasteiger partial charge >= 0.3 is 6.15 Å². The van der Waals surface area contributed by atoms with Crippen LogP contribution in [0.5, 0.6) is 0 Å². The summed E-state index contributed by atoms with van der Waals surface area (Å²) in [6.07, 6.45) is 0.250. The van der Waals surface area contributed by atoms with Crippen LogP contribution in [0.3, 0.4) is 0 Å². The molecule has 86 valence electrons. The molecule has 0 aliphatic heterocycles. The van der Waals surface area contributed by atoms with Gasteiger partial charge in [-0.05, 0) is 20.3 Å². The van der Waals surface area contributed by atoms with Crippen molar-refractivity contribution in [3.63, 3.8) is 0 Å². The van der Waals surface area contributed by atoms with Crippen LogP contribution in [0.15, 0.2) is 0 Å². The van der Waals surface area contributed by atoms with Gasteiger partial charge in [-0.25, -0.2) is 0 Å². The van der Waals surface area contributed by atoms with Crippen LogP contribution >= 0.6 is 7.14 Å². The molecule has 0 saturated heterocycles. The Labute approximate surface area is 89.2 Å². The SMILES string of the molecule is CC(OCC#CCO)P(C)(C)=O.O=C=O. The van der Waals surface area contributed by atoms with E-state index in [2.05, 4.69) is 11.8 Å². The number of carbonyl (C=O) groups excluding carboxylic acids is 2. The van der Waals surface area contributed by atoms with Gasteiger partial charge in [0.05, 0.1) is 0 Å². The Bertz CT molecular complexity index is 289. The van der Waals surface area contributed by atoms with Crippen LogP contribution in [0.4, 0.5) is 0 Å². The molecule has 6 heteroatoms. The predicted molar refractivity (Wildman–Crippen MR) is 54.7 cm³/mol. The standard InChI is InChI=1S/C8H15O3P.CO2/c1-8(12(2,3)10)11-7-5-4-6-9;2-1-3/h8-9H,6-7H2,1-3H3;. The van der Waals surface area contributed by atoms with E-state index in [1.54, 1.807) is 20.3 Å². The molecule has 1 atom stereocenters. The molecule has 1 N–H and O–H groups in total. The van der Waals surface area contributed by atoms with E-state index in [0.717, 1.165) is 0 Å². The summed E-state index contributed by atoms with van der Waals surface area (Å²) in [5.74, 6) is 4.78. The quantitative estimate of drug-likeness (QED) is 0.564. The van der Waals surface area contributed by atoms with Gasteiger partial charge in [0.15, 0.2) is 0 Å². The number of aliphatic hydroxyl groups excluding tert-OH is 1. The summed E-state index contributed by atoms with van der Waals surface area (Å²) in [5, 5.41) is 8.31. The van der Waals surface area contributed by atoms with Gasteiger partial charge in [0.1, 0.15) is 26.2 Å². The van der Waals surface area contributed by atoms with E-state index in [4.69, 9.17) is 19.4 Å². The molecule has 0 aromatic heterocycles. The van der Waals surface area contributed by atoms with Crippen LogP contribution in [0, 0.1) is 11.8 Å². The van der Waals surface area contributed by atoms with Gasteiger partial charge in [0, 0.05) is 0 Å². The second-order valence-corrected chi connectivity index (χ2v) is 6.54. The lowest BCUT2D eigenvalue weighted by atomic mass is 10.6. The Morgan fingerprint density at radius 3 is 2.13 bits per heavy atom. The van der Waals surface area contributed by atoms with Crippen LogP contribution in [0.2, 0.25) is 0 Å². The van der Waals surface area contributed by atoms with Gasteiger partial charge in [0.2, 0.25) is 0 Å². The predicted octanol–water partition coefficient (Wildman–Crippen LogP) is 0.384. The van der Waals surface area contributed by atoms with Gasteiger partial charge < -0.3 is 14.4 Å². The molecule has 0 aliphatic carbocycles. The van der Waals surface area contributed by atoms with Crippen molar-refractivity contribution in [2.24, 2.45) is 0 Å². The maximum absolute atomic E-state index is 11.4. The molecule has 0 spiro atoms. The lowest BCUT2D eigenvalue weighted by Gasteiger charge is -2.15. The maximum Gasteiger partial charge on any atom is 0.373 e. The average molecular weight is 234 g/mol. The molecule has 0 rings (SSSR count). The maximum atomic E-state index is 11.4. The summed E-state index contributed by atoms with van der Waals surface area (Å²) in [6, 6.07) is 0. The number of rotatable bonds is 3. The van der Waals surface area contributed by atoms with Crippen molar-refractivity contribution in [1.29, 1.82) is 0 Å². The first kappa shape index (κ1) is 16.5. The van der Waals surface area contributed by atoms with E-state index < -0.39 is 7.14 Å². The van der Waals surface area contributed by atoms with E-state index in [1.807, 2.05) is 0 Å². The average Bonchev–Trinajstić information content (AvgIpc) is 2.12. The van der Waals surface area contributed by atoms with Crippen LogP contribution in [-0.4, -0.2) is 43.6 Å². The fourth-order valence-electron chi connectivity index (χ4n) is 0.449. The van der Waals surface area contributed by atoms with Gasteiger partial charge in [-0.15, -0.1) is 0 Å². The van der Waals surface area contributed by atoms with Gasteiger partial charge in [0.25, 0.3) is 0 Å². The largest absolute Gasteiger partial charge is 0.384 e. The fraction of sp³-hybridized carbons (Fsp3) is 0.667. The van der Waals surface area contributed by atoms with Gasteiger partial charge in [-0.2, -0.15) is 9.59 Å². The summed E-state index contributed by atoms with van der Waals surface area (Å²) in [5.41, 5.74) is 0. The molecule has 0 aliphatic rings. The highest BCUT2D eigenvalue weighted by Crippen LogP contribution is 2.42. The van der Waals surface area contributed by atoms with Gasteiger partial charge in [-0.3, -0.25) is 0 Å². The monoisotopic (exact) mass is 234 g/mol. The van der Waals surface area contributed by atoms with E-state index in [1.165, 1.54) is 0 Å². The summed E-state index contributed by atoms with van der Waals surface area (Å²) >= 11 is 0. The van der Waals surface area contributed by atoms with Crippen molar-refractivity contribution < 1.29 is 24.0 Å². The molecule has 0 amide bonds. The lowest BCUT2D eigenvalue weighted by molar-refractivity contribution is -0.191. The molecular formula is C9H15O5P. The topological polar surface area (TPSA) is 80.7 Å². The minimum absolute atomic E-state index is 0.159. The summed E-state index contributed by atoms with van der Waals surface area (Å²) in [4.78, 5) is 16.2. The molecule has 0 heterocycles. The second kappa shape index (κ2) is 9.64. The first-order valence-electron chi connectivity index (χ1n) is 4.12. The smallest absolute Gasteiger partial charge is 0.373 e. The van der Waals surface area contributed by atoms with Crippen LogP contribution in [-0.2, 0) is 18.9 Å². The Balaban J connectivity index is 0. The van der Waals surface area contributed by atoms with Crippen molar-refractivity contribution in [1.82, 2.24) is 0 Å². The molecule has 0 fully saturated rings. The Hall–Kier alpha value is -0.910. The zero-order chi connectivity index (χ0) is 12.3. The summed E-state index contributed by atoms with van der Waals surface area (Å²) < 4.78 is 16.5.